The average molecular weight is 224 g/mol. The Balaban J connectivity index is 1.83. The molecule has 0 amide bonds. The van der Waals surface area contributed by atoms with Crippen molar-refractivity contribution in [3.05, 3.63) is 11.1 Å². The van der Waals surface area contributed by atoms with Gasteiger partial charge in [-0.25, -0.2) is 4.98 Å². The van der Waals surface area contributed by atoms with Gasteiger partial charge in [-0.1, -0.05) is 13.8 Å². The second-order valence-corrected chi connectivity index (χ2v) is 5.45. The van der Waals surface area contributed by atoms with Gasteiger partial charge in [0.25, 0.3) is 0 Å². The van der Waals surface area contributed by atoms with E-state index in [9.17, 15) is 0 Å². The zero-order chi connectivity index (χ0) is 10.7. The Hall–Kier alpha value is -0.570. The molecule has 1 N–H and O–H groups in total. The van der Waals surface area contributed by atoms with Crippen LogP contribution in [0.3, 0.4) is 0 Å². The fraction of sp³-hybridized carbons (Fsp3) is 0.750. The number of thiazole rings is 1. The van der Waals surface area contributed by atoms with Crippen molar-refractivity contribution >= 4 is 16.5 Å². The van der Waals surface area contributed by atoms with Crippen molar-refractivity contribution in [1.82, 2.24) is 4.98 Å². The van der Waals surface area contributed by atoms with E-state index in [0.717, 1.165) is 36.4 Å². The monoisotopic (exact) mass is 224 g/mol. The summed E-state index contributed by atoms with van der Waals surface area (Å²) in [5.74, 6) is 1.81. The highest BCUT2D eigenvalue weighted by Gasteiger charge is 2.28. The molecule has 0 spiro atoms. The first-order chi connectivity index (χ1) is 7.29. The molecule has 1 aliphatic rings. The molecule has 1 fully saturated rings. The number of nitrogens with zero attached hydrogens (tertiary/aromatic N) is 1. The number of hydrogen-bond donors (Lipinski definition) is 1. The number of hydrogen-bond acceptors (Lipinski definition) is 3. The van der Waals surface area contributed by atoms with Gasteiger partial charge in [0, 0.05) is 11.9 Å². The highest BCUT2D eigenvalue weighted by Crippen LogP contribution is 2.38. The lowest BCUT2D eigenvalue weighted by atomic mass is 10.0. The van der Waals surface area contributed by atoms with Gasteiger partial charge in [-0.3, -0.25) is 0 Å². The normalized spacial score (nSPS) is 17.7. The van der Waals surface area contributed by atoms with E-state index in [4.69, 9.17) is 0 Å². The first kappa shape index (κ1) is 10.9. The summed E-state index contributed by atoms with van der Waals surface area (Å²) in [6.45, 7) is 5.57. The van der Waals surface area contributed by atoms with Gasteiger partial charge >= 0.3 is 0 Å². The number of anilines is 1. The second kappa shape index (κ2) is 4.97. The van der Waals surface area contributed by atoms with Crippen LogP contribution in [0.1, 0.15) is 38.8 Å². The van der Waals surface area contributed by atoms with E-state index in [1.807, 2.05) is 0 Å². The highest BCUT2D eigenvalue weighted by atomic mass is 32.1. The van der Waals surface area contributed by atoms with Crippen molar-refractivity contribution in [2.75, 3.05) is 11.9 Å². The van der Waals surface area contributed by atoms with Crippen LogP contribution in [0.15, 0.2) is 5.38 Å². The Morgan fingerprint density at radius 1 is 1.60 bits per heavy atom. The Labute approximate surface area is 96.1 Å². The van der Waals surface area contributed by atoms with Crippen LogP contribution < -0.4 is 5.32 Å². The molecule has 0 bridgehead atoms. The van der Waals surface area contributed by atoms with Gasteiger partial charge in [-0.2, -0.15) is 0 Å². The summed E-state index contributed by atoms with van der Waals surface area (Å²) in [6.07, 6.45) is 5.20. The minimum absolute atomic E-state index is 0.825. The summed E-state index contributed by atoms with van der Waals surface area (Å²) in [4.78, 5) is 4.61. The Morgan fingerprint density at radius 3 is 3.07 bits per heavy atom. The van der Waals surface area contributed by atoms with Gasteiger partial charge in [0.05, 0.1) is 5.69 Å². The maximum absolute atomic E-state index is 4.61. The molecule has 1 atom stereocenters. The largest absolute Gasteiger partial charge is 0.362 e. The van der Waals surface area contributed by atoms with Crippen molar-refractivity contribution in [2.24, 2.45) is 11.8 Å². The minimum Gasteiger partial charge on any atom is -0.362 e. The zero-order valence-electron chi connectivity index (χ0n) is 9.62. The topological polar surface area (TPSA) is 24.9 Å². The third-order valence-electron chi connectivity index (χ3n) is 3.04. The summed E-state index contributed by atoms with van der Waals surface area (Å²) in [5, 5.41) is 6.64. The molecular formula is C12H20N2S. The van der Waals surface area contributed by atoms with Crippen LogP contribution in [0.2, 0.25) is 0 Å². The van der Waals surface area contributed by atoms with Crippen LogP contribution >= 0.6 is 11.3 Å². The highest BCUT2D eigenvalue weighted by molar-refractivity contribution is 7.13. The molecule has 0 saturated heterocycles. The zero-order valence-corrected chi connectivity index (χ0v) is 10.4. The molecule has 1 heterocycles. The first-order valence-electron chi connectivity index (χ1n) is 5.98. The SMILES string of the molecule is CCCNc1nc(CC(C)C2CC2)cs1. The summed E-state index contributed by atoms with van der Waals surface area (Å²) in [6, 6.07) is 0. The van der Waals surface area contributed by atoms with Crippen molar-refractivity contribution in [3.8, 4) is 0 Å². The van der Waals surface area contributed by atoms with Gasteiger partial charge < -0.3 is 5.32 Å². The second-order valence-electron chi connectivity index (χ2n) is 4.59. The third kappa shape index (κ3) is 3.20. The summed E-state index contributed by atoms with van der Waals surface area (Å²) in [7, 11) is 0. The van der Waals surface area contributed by atoms with Crippen molar-refractivity contribution in [2.45, 2.75) is 39.5 Å². The molecule has 0 aromatic carbocycles. The fourth-order valence-electron chi connectivity index (χ4n) is 1.88. The fourth-order valence-corrected chi connectivity index (χ4v) is 2.63. The molecule has 1 aromatic heterocycles. The Kier molecular flexibility index (Phi) is 3.62. The van der Waals surface area contributed by atoms with Crippen LogP contribution in [0.4, 0.5) is 5.13 Å². The molecule has 3 heteroatoms. The summed E-state index contributed by atoms with van der Waals surface area (Å²) >= 11 is 1.74. The van der Waals surface area contributed by atoms with Crippen molar-refractivity contribution in [3.63, 3.8) is 0 Å². The predicted molar refractivity (Wildman–Crippen MR) is 66.5 cm³/mol. The minimum atomic E-state index is 0.825. The van der Waals surface area contributed by atoms with Gasteiger partial charge in [0.15, 0.2) is 5.13 Å². The lowest BCUT2D eigenvalue weighted by Gasteiger charge is -2.06. The molecule has 1 aromatic rings. The third-order valence-corrected chi connectivity index (χ3v) is 3.88. The molecule has 84 valence electrons. The molecule has 0 radical (unpaired) electrons. The quantitative estimate of drug-likeness (QED) is 0.799. The number of rotatable bonds is 6. The van der Waals surface area contributed by atoms with Gasteiger partial charge in [0.2, 0.25) is 0 Å². The Bertz CT molecular complexity index is 304. The maximum Gasteiger partial charge on any atom is 0.182 e. The van der Waals surface area contributed by atoms with E-state index < -0.39 is 0 Å². The first-order valence-corrected chi connectivity index (χ1v) is 6.86. The molecule has 1 saturated carbocycles. The Morgan fingerprint density at radius 2 is 2.40 bits per heavy atom. The number of aromatic nitrogens is 1. The molecule has 2 nitrogen and oxygen atoms in total. The van der Waals surface area contributed by atoms with Crippen LogP contribution in [-0.4, -0.2) is 11.5 Å². The molecule has 15 heavy (non-hydrogen) atoms. The van der Waals surface area contributed by atoms with E-state index in [1.54, 1.807) is 11.3 Å². The summed E-state index contributed by atoms with van der Waals surface area (Å²) < 4.78 is 0. The lowest BCUT2D eigenvalue weighted by Crippen LogP contribution is -2.03. The van der Waals surface area contributed by atoms with Crippen LogP contribution in [0, 0.1) is 11.8 Å². The molecular weight excluding hydrogens is 204 g/mol. The maximum atomic E-state index is 4.61. The van der Waals surface area contributed by atoms with Crippen LogP contribution in [0.25, 0.3) is 0 Å². The van der Waals surface area contributed by atoms with E-state index in [0.29, 0.717) is 0 Å². The van der Waals surface area contributed by atoms with E-state index >= 15 is 0 Å². The molecule has 1 unspecified atom stereocenters. The molecule has 2 rings (SSSR count). The van der Waals surface area contributed by atoms with Crippen molar-refractivity contribution < 1.29 is 0 Å². The molecule has 1 aliphatic carbocycles. The predicted octanol–water partition coefficient (Wildman–Crippen LogP) is 3.55. The summed E-state index contributed by atoms with van der Waals surface area (Å²) in [5.41, 5.74) is 1.28. The standard InChI is InChI=1S/C12H20N2S/c1-3-6-13-12-14-11(8-15-12)7-9(2)10-4-5-10/h8-10H,3-7H2,1-2H3,(H,13,14). The van der Waals surface area contributed by atoms with E-state index in [-0.39, 0.29) is 0 Å². The van der Waals surface area contributed by atoms with Gasteiger partial charge in [-0.05, 0) is 37.5 Å². The lowest BCUT2D eigenvalue weighted by molar-refractivity contribution is 0.502. The van der Waals surface area contributed by atoms with Crippen LogP contribution in [-0.2, 0) is 6.42 Å². The van der Waals surface area contributed by atoms with Gasteiger partial charge in [-0.15, -0.1) is 11.3 Å². The van der Waals surface area contributed by atoms with E-state index in [1.165, 1.54) is 18.5 Å². The smallest absolute Gasteiger partial charge is 0.182 e. The molecule has 0 aliphatic heterocycles. The number of nitrogens with one attached hydrogen (secondary N) is 1. The van der Waals surface area contributed by atoms with Gasteiger partial charge in [0.1, 0.15) is 0 Å². The van der Waals surface area contributed by atoms with Crippen LogP contribution in [0.5, 0.6) is 0 Å². The van der Waals surface area contributed by atoms with Crippen molar-refractivity contribution in [1.29, 1.82) is 0 Å². The van der Waals surface area contributed by atoms with E-state index in [2.05, 4.69) is 29.5 Å². The average Bonchev–Trinajstić information content (AvgIpc) is 2.99.